The highest BCUT2D eigenvalue weighted by atomic mass is 16.5. The van der Waals surface area contributed by atoms with Crippen LogP contribution in [0.15, 0.2) is 0 Å². The molecule has 1 N–H and O–H groups in total. The third-order valence-electron chi connectivity index (χ3n) is 2.27. The maximum Gasteiger partial charge on any atom is 0.0709 e. The highest BCUT2D eigenvalue weighted by Crippen LogP contribution is 2.46. The van der Waals surface area contributed by atoms with Crippen LogP contribution in [0.25, 0.3) is 0 Å². The molecule has 2 heteroatoms. The molecule has 2 rings (SSSR count). The predicted octanol–water partition coefficient (Wildman–Crippen LogP) is 2.11. The molecule has 0 aromatic carbocycles. The molecule has 1 aliphatic carbocycles. The Morgan fingerprint density at radius 3 is 2.33 bits per heavy atom. The summed E-state index contributed by atoms with van der Waals surface area (Å²) in [5.41, 5.74) is 0.150. The molecule has 1 saturated carbocycles. The van der Waals surface area contributed by atoms with Gasteiger partial charge in [-0.15, -0.1) is 0 Å². The third kappa shape index (κ3) is 2.76. The molecule has 72 valence electrons. The van der Waals surface area contributed by atoms with Crippen molar-refractivity contribution >= 4 is 0 Å². The first-order valence-electron chi connectivity index (χ1n) is 5.04. The lowest BCUT2D eigenvalue weighted by Crippen LogP contribution is -2.30. The summed E-state index contributed by atoms with van der Waals surface area (Å²) < 4.78 is 5.49. The van der Waals surface area contributed by atoms with E-state index >= 15 is 0 Å². The van der Waals surface area contributed by atoms with Crippen molar-refractivity contribution in [3.63, 3.8) is 0 Å². The van der Waals surface area contributed by atoms with E-state index < -0.39 is 0 Å². The summed E-state index contributed by atoms with van der Waals surface area (Å²) in [6.07, 6.45) is 5.23. The van der Waals surface area contributed by atoms with Gasteiger partial charge in [0.1, 0.15) is 0 Å². The van der Waals surface area contributed by atoms with E-state index in [-0.39, 0.29) is 11.7 Å². The van der Waals surface area contributed by atoms with Crippen LogP contribution in [0.5, 0.6) is 0 Å². The van der Waals surface area contributed by atoms with Crippen molar-refractivity contribution < 1.29 is 9.84 Å². The zero-order chi connectivity index (χ0) is 9.03. The van der Waals surface area contributed by atoms with E-state index in [2.05, 4.69) is 13.8 Å². The Bertz CT molecular complexity index is 130. The van der Waals surface area contributed by atoms with Gasteiger partial charge in [-0.05, 0) is 19.3 Å². The van der Waals surface area contributed by atoms with Gasteiger partial charge in [0, 0.05) is 13.0 Å². The molecule has 1 aliphatic heterocycles. The van der Waals surface area contributed by atoms with Gasteiger partial charge < -0.3 is 9.84 Å². The first-order valence-corrected chi connectivity index (χ1v) is 5.04. The zero-order valence-corrected chi connectivity index (χ0v) is 8.18. The second-order valence-electron chi connectivity index (χ2n) is 3.89. The van der Waals surface area contributed by atoms with Crippen LogP contribution in [0, 0.1) is 0 Å². The number of hydrogen-bond acceptors (Lipinski definition) is 2. The average Bonchev–Trinajstić information content (AvgIpc) is 2.70. The Morgan fingerprint density at radius 1 is 1.42 bits per heavy atom. The standard InChI is InChI=1S/C7H12O2.C3H8/c8-6-1-4-9-7(5-6)2-3-7;1-3-2/h6,8H,1-5H2;3H2,1-2H3/t6-;/m1./s1. The minimum absolute atomic E-state index is 0.0822. The quantitative estimate of drug-likeness (QED) is 0.606. The smallest absolute Gasteiger partial charge is 0.0709 e. The van der Waals surface area contributed by atoms with Crippen molar-refractivity contribution in [2.24, 2.45) is 0 Å². The fourth-order valence-electron chi connectivity index (χ4n) is 1.49. The minimum Gasteiger partial charge on any atom is -0.393 e. The van der Waals surface area contributed by atoms with Crippen LogP contribution >= 0.6 is 0 Å². The first-order chi connectivity index (χ1) is 5.72. The van der Waals surface area contributed by atoms with Gasteiger partial charge in [0.25, 0.3) is 0 Å². The molecule has 2 fully saturated rings. The first kappa shape index (κ1) is 10.0. The van der Waals surface area contributed by atoms with E-state index in [0.29, 0.717) is 0 Å². The molecule has 0 unspecified atom stereocenters. The highest BCUT2D eigenvalue weighted by molar-refractivity contribution is 4.99. The number of aliphatic hydroxyl groups excluding tert-OH is 1. The SMILES string of the molecule is CCC.O[C@@H]1CCOC2(CC2)C1. The summed E-state index contributed by atoms with van der Waals surface area (Å²) in [6.45, 7) is 5.02. The molecule has 2 nitrogen and oxygen atoms in total. The molecule has 0 aromatic rings. The maximum absolute atomic E-state index is 9.20. The van der Waals surface area contributed by atoms with Gasteiger partial charge in [-0.2, -0.15) is 0 Å². The summed E-state index contributed by atoms with van der Waals surface area (Å²) in [6, 6.07) is 0. The monoisotopic (exact) mass is 172 g/mol. The summed E-state index contributed by atoms with van der Waals surface area (Å²) in [5.74, 6) is 0. The summed E-state index contributed by atoms with van der Waals surface area (Å²) in [7, 11) is 0. The molecule has 1 heterocycles. The van der Waals surface area contributed by atoms with Gasteiger partial charge in [-0.25, -0.2) is 0 Å². The summed E-state index contributed by atoms with van der Waals surface area (Å²) in [5, 5.41) is 9.20. The van der Waals surface area contributed by atoms with Crippen LogP contribution in [-0.2, 0) is 4.74 Å². The number of hydrogen-bond donors (Lipinski definition) is 1. The number of ether oxygens (including phenoxy) is 1. The molecule has 1 atom stereocenters. The van der Waals surface area contributed by atoms with Gasteiger partial charge in [-0.3, -0.25) is 0 Å². The number of rotatable bonds is 0. The van der Waals surface area contributed by atoms with Gasteiger partial charge in [-0.1, -0.05) is 20.3 Å². The Morgan fingerprint density at radius 2 is 2.00 bits per heavy atom. The van der Waals surface area contributed by atoms with Gasteiger partial charge in [0.2, 0.25) is 0 Å². The van der Waals surface area contributed by atoms with E-state index in [4.69, 9.17) is 4.74 Å². The van der Waals surface area contributed by atoms with E-state index in [0.717, 1.165) is 19.4 Å². The van der Waals surface area contributed by atoms with Gasteiger partial charge >= 0.3 is 0 Å². The number of aliphatic hydroxyl groups is 1. The summed E-state index contributed by atoms with van der Waals surface area (Å²) in [4.78, 5) is 0. The van der Waals surface area contributed by atoms with Crippen molar-refractivity contribution in [1.82, 2.24) is 0 Å². The Hall–Kier alpha value is -0.0800. The topological polar surface area (TPSA) is 29.5 Å². The second-order valence-corrected chi connectivity index (χ2v) is 3.89. The molecule has 0 amide bonds. The average molecular weight is 172 g/mol. The van der Waals surface area contributed by atoms with Gasteiger partial charge in [0.05, 0.1) is 11.7 Å². The lowest BCUT2D eigenvalue weighted by atomic mass is 10.1. The maximum atomic E-state index is 9.20. The molecular weight excluding hydrogens is 152 g/mol. The predicted molar refractivity (Wildman–Crippen MR) is 49.1 cm³/mol. The van der Waals surface area contributed by atoms with Crippen LogP contribution in [-0.4, -0.2) is 23.4 Å². The second kappa shape index (κ2) is 4.24. The lowest BCUT2D eigenvalue weighted by Gasteiger charge is -2.25. The van der Waals surface area contributed by atoms with Crippen LogP contribution in [0.2, 0.25) is 0 Å². The highest BCUT2D eigenvalue weighted by Gasteiger charge is 2.47. The molecule has 1 saturated heterocycles. The molecule has 0 aromatic heterocycles. The van der Waals surface area contributed by atoms with Crippen molar-refractivity contribution in [3.8, 4) is 0 Å². The van der Waals surface area contributed by atoms with Crippen LogP contribution in [0.3, 0.4) is 0 Å². The Balaban J connectivity index is 0.000000213. The van der Waals surface area contributed by atoms with Crippen molar-refractivity contribution in [1.29, 1.82) is 0 Å². The van der Waals surface area contributed by atoms with Crippen LogP contribution in [0.4, 0.5) is 0 Å². The third-order valence-corrected chi connectivity index (χ3v) is 2.27. The van der Waals surface area contributed by atoms with Crippen molar-refractivity contribution in [2.45, 2.75) is 57.7 Å². The molecular formula is C10H20O2. The largest absolute Gasteiger partial charge is 0.393 e. The van der Waals surface area contributed by atoms with E-state index in [9.17, 15) is 5.11 Å². The molecule has 0 bridgehead atoms. The van der Waals surface area contributed by atoms with Gasteiger partial charge in [0.15, 0.2) is 0 Å². The zero-order valence-electron chi connectivity index (χ0n) is 8.18. The van der Waals surface area contributed by atoms with Crippen molar-refractivity contribution in [2.75, 3.05) is 6.61 Å². The van der Waals surface area contributed by atoms with E-state index in [1.807, 2.05) is 0 Å². The fraction of sp³-hybridized carbons (Fsp3) is 1.00. The molecule has 0 radical (unpaired) electrons. The Kier molecular flexibility index (Phi) is 3.53. The van der Waals surface area contributed by atoms with Crippen LogP contribution in [0.1, 0.15) is 46.0 Å². The Labute approximate surface area is 74.9 Å². The fourth-order valence-corrected chi connectivity index (χ4v) is 1.49. The molecule has 12 heavy (non-hydrogen) atoms. The van der Waals surface area contributed by atoms with Crippen LogP contribution < -0.4 is 0 Å². The van der Waals surface area contributed by atoms with E-state index in [1.165, 1.54) is 19.3 Å². The van der Waals surface area contributed by atoms with E-state index in [1.54, 1.807) is 0 Å². The van der Waals surface area contributed by atoms with Crippen molar-refractivity contribution in [3.05, 3.63) is 0 Å². The molecule has 1 spiro atoms. The lowest BCUT2D eigenvalue weighted by molar-refractivity contribution is -0.0590. The minimum atomic E-state index is -0.0822. The molecule has 2 aliphatic rings. The normalized spacial score (nSPS) is 30.8. The summed E-state index contributed by atoms with van der Waals surface area (Å²) >= 11 is 0.